The highest BCUT2D eigenvalue weighted by Crippen LogP contribution is 2.50. The standard InChI is InChI=1S/C36H22Br2N2O2/c37-25-17-19-31-35(39-27-5-1-3-7-29(27)41-31)33(25)23-13-9-21(10-14-23)22-11-15-24(16-12-22)34-26(38)18-20-32-36(34)40-28-6-2-4-8-30(28)42-32/h1-20,39-40H. The fourth-order valence-electron chi connectivity index (χ4n) is 5.58. The Bertz CT molecular complexity index is 1860. The summed E-state index contributed by atoms with van der Waals surface area (Å²) in [4.78, 5) is 0. The zero-order chi connectivity index (χ0) is 28.2. The third-order valence-corrected chi connectivity index (χ3v) is 8.97. The Morgan fingerprint density at radius 2 is 0.762 bits per heavy atom. The molecular formula is C36H22Br2N2O2. The molecule has 0 radical (unpaired) electrons. The molecular weight excluding hydrogens is 652 g/mol. The lowest BCUT2D eigenvalue weighted by Gasteiger charge is -2.25. The summed E-state index contributed by atoms with van der Waals surface area (Å²) in [5, 5.41) is 7.15. The lowest BCUT2D eigenvalue weighted by atomic mass is 9.96. The number of hydrogen-bond acceptors (Lipinski definition) is 4. The molecule has 8 rings (SSSR count). The largest absolute Gasteiger partial charge is 0.453 e. The molecule has 2 N–H and O–H groups in total. The quantitative estimate of drug-likeness (QED) is 0.196. The molecule has 202 valence electrons. The second kappa shape index (κ2) is 10.1. The number of benzene rings is 6. The molecule has 0 atom stereocenters. The SMILES string of the molecule is Brc1ccc2c(c1-c1ccc(-c3ccc(-c4c(Br)ccc5c4Nc4ccccc4O5)cc3)cc1)Nc1ccccc1O2. The van der Waals surface area contributed by atoms with Gasteiger partial charge in [0.15, 0.2) is 23.0 Å². The van der Waals surface area contributed by atoms with Crippen LogP contribution in [0, 0.1) is 0 Å². The van der Waals surface area contributed by atoms with Gasteiger partial charge >= 0.3 is 0 Å². The molecule has 0 amide bonds. The molecule has 4 nitrogen and oxygen atoms in total. The third-order valence-electron chi connectivity index (χ3n) is 7.65. The van der Waals surface area contributed by atoms with Crippen LogP contribution in [-0.4, -0.2) is 0 Å². The van der Waals surface area contributed by atoms with Gasteiger partial charge in [0.05, 0.1) is 22.7 Å². The average Bonchev–Trinajstić information content (AvgIpc) is 3.03. The molecule has 42 heavy (non-hydrogen) atoms. The predicted molar refractivity (Wildman–Crippen MR) is 178 cm³/mol. The Morgan fingerprint density at radius 3 is 1.19 bits per heavy atom. The number of rotatable bonds is 3. The zero-order valence-corrected chi connectivity index (χ0v) is 25.3. The van der Waals surface area contributed by atoms with Crippen LogP contribution in [0.25, 0.3) is 33.4 Å². The Balaban J connectivity index is 1.10. The minimum atomic E-state index is 0.809. The van der Waals surface area contributed by atoms with Crippen LogP contribution in [0.2, 0.25) is 0 Å². The first kappa shape index (κ1) is 25.2. The van der Waals surface area contributed by atoms with Gasteiger partial charge in [-0.1, -0.05) is 105 Å². The number of halogens is 2. The van der Waals surface area contributed by atoms with E-state index in [9.17, 15) is 0 Å². The van der Waals surface area contributed by atoms with Gasteiger partial charge < -0.3 is 20.1 Å². The maximum absolute atomic E-state index is 6.20. The van der Waals surface area contributed by atoms with Gasteiger partial charge in [-0.05, 0) is 70.8 Å². The van der Waals surface area contributed by atoms with E-state index in [1.54, 1.807) is 0 Å². The highest BCUT2D eigenvalue weighted by atomic mass is 79.9. The van der Waals surface area contributed by atoms with E-state index >= 15 is 0 Å². The number of para-hydroxylation sites is 4. The Hall–Kier alpha value is -4.52. The highest BCUT2D eigenvalue weighted by molar-refractivity contribution is 9.11. The lowest BCUT2D eigenvalue weighted by molar-refractivity contribution is 0.481. The minimum Gasteiger partial charge on any atom is -0.453 e. The third kappa shape index (κ3) is 4.26. The van der Waals surface area contributed by atoms with E-state index in [-0.39, 0.29) is 0 Å². The predicted octanol–water partition coefficient (Wildman–Crippen LogP) is 11.9. The summed E-state index contributed by atoms with van der Waals surface area (Å²) in [5.41, 5.74) is 10.4. The van der Waals surface area contributed by atoms with Gasteiger partial charge in [-0.3, -0.25) is 0 Å². The molecule has 2 aliphatic heterocycles. The van der Waals surface area contributed by atoms with Crippen molar-refractivity contribution < 1.29 is 9.47 Å². The summed E-state index contributed by atoms with van der Waals surface area (Å²) in [5.74, 6) is 3.27. The first-order valence-corrected chi connectivity index (χ1v) is 15.1. The first-order chi connectivity index (χ1) is 20.6. The van der Waals surface area contributed by atoms with Crippen molar-refractivity contribution >= 4 is 54.6 Å². The summed E-state index contributed by atoms with van der Waals surface area (Å²) < 4.78 is 14.4. The molecule has 0 aromatic heterocycles. The molecule has 6 aromatic rings. The van der Waals surface area contributed by atoms with Crippen molar-refractivity contribution in [1.29, 1.82) is 0 Å². The van der Waals surface area contributed by atoms with Gasteiger partial charge in [0, 0.05) is 20.1 Å². The van der Waals surface area contributed by atoms with Crippen LogP contribution in [-0.2, 0) is 0 Å². The number of ether oxygens (including phenoxy) is 2. The molecule has 6 aromatic carbocycles. The second-order valence-electron chi connectivity index (χ2n) is 10.2. The van der Waals surface area contributed by atoms with Crippen LogP contribution in [0.4, 0.5) is 22.7 Å². The summed E-state index contributed by atoms with van der Waals surface area (Å²) in [7, 11) is 0. The van der Waals surface area contributed by atoms with Crippen LogP contribution >= 0.6 is 31.9 Å². The molecule has 6 heteroatoms. The molecule has 0 bridgehead atoms. The van der Waals surface area contributed by atoms with Crippen molar-refractivity contribution in [3.63, 3.8) is 0 Å². The maximum atomic E-state index is 6.20. The normalized spacial score (nSPS) is 12.3. The van der Waals surface area contributed by atoms with E-state index in [4.69, 9.17) is 9.47 Å². The lowest BCUT2D eigenvalue weighted by Crippen LogP contribution is -2.04. The van der Waals surface area contributed by atoms with Crippen LogP contribution in [0.5, 0.6) is 23.0 Å². The second-order valence-corrected chi connectivity index (χ2v) is 11.9. The van der Waals surface area contributed by atoms with Crippen molar-refractivity contribution in [2.24, 2.45) is 0 Å². The van der Waals surface area contributed by atoms with Crippen LogP contribution in [0.1, 0.15) is 0 Å². The van der Waals surface area contributed by atoms with Crippen molar-refractivity contribution in [3.8, 4) is 56.4 Å². The van der Waals surface area contributed by atoms with Gasteiger partial charge in [0.25, 0.3) is 0 Å². The summed E-state index contributed by atoms with van der Waals surface area (Å²) in [6, 6.07) is 41.3. The van der Waals surface area contributed by atoms with E-state index in [0.29, 0.717) is 0 Å². The van der Waals surface area contributed by atoms with Crippen molar-refractivity contribution in [2.45, 2.75) is 0 Å². The molecule has 0 saturated carbocycles. The molecule has 0 aliphatic carbocycles. The molecule has 2 aliphatic rings. The Labute approximate surface area is 260 Å². The number of hydrogen-bond donors (Lipinski definition) is 2. The van der Waals surface area contributed by atoms with E-state index in [1.165, 1.54) is 0 Å². The van der Waals surface area contributed by atoms with Crippen LogP contribution < -0.4 is 20.1 Å². The molecule has 0 spiro atoms. The van der Waals surface area contributed by atoms with Crippen LogP contribution in [0.3, 0.4) is 0 Å². The highest BCUT2D eigenvalue weighted by Gasteiger charge is 2.23. The molecule has 0 fully saturated rings. The number of anilines is 4. The molecule has 2 heterocycles. The smallest absolute Gasteiger partial charge is 0.151 e. The van der Waals surface area contributed by atoms with Gasteiger partial charge in [-0.2, -0.15) is 0 Å². The van der Waals surface area contributed by atoms with Gasteiger partial charge in [0.1, 0.15) is 0 Å². The van der Waals surface area contributed by atoms with Gasteiger partial charge in [-0.15, -0.1) is 0 Å². The van der Waals surface area contributed by atoms with E-state index in [0.717, 1.165) is 88.1 Å². The topological polar surface area (TPSA) is 42.5 Å². The number of nitrogens with one attached hydrogen (secondary N) is 2. The zero-order valence-electron chi connectivity index (χ0n) is 22.1. The van der Waals surface area contributed by atoms with Gasteiger partial charge in [-0.25, -0.2) is 0 Å². The van der Waals surface area contributed by atoms with E-state index in [2.05, 4.69) is 91.0 Å². The average molecular weight is 674 g/mol. The van der Waals surface area contributed by atoms with Crippen molar-refractivity contribution in [3.05, 3.63) is 130 Å². The molecule has 0 saturated heterocycles. The van der Waals surface area contributed by atoms with E-state index < -0.39 is 0 Å². The van der Waals surface area contributed by atoms with Crippen LogP contribution in [0.15, 0.2) is 130 Å². The van der Waals surface area contributed by atoms with Crippen molar-refractivity contribution in [2.75, 3.05) is 10.6 Å². The van der Waals surface area contributed by atoms with Crippen molar-refractivity contribution in [1.82, 2.24) is 0 Å². The minimum absolute atomic E-state index is 0.809. The monoisotopic (exact) mass is 672 g/mol. The fourth-order valence-corrected chi connectivity index (χ4v) is 6.70. The first-order valence-electron chi connectivity index (χ1n) is 13.6. The number of fused-ring (bicyclic) bond motifs is 4. The van der Waals surface area contributed by atoms with E-state index in [1.807, 2.05) is 72.8 Å². The summed E-state index contributed by atoms with van der Waals surface area (Å²) >= 11 is 7.55. The van der Waals surface area contributed by atoms with Gasteiger partial charge in [0.2, 0.25) is 0 Å². The summed E-state index contributed by atoms with van der Waals surface area (Å²) in [6.45, 7) is 0. The molecule has 0 unspecified atom stereocenters. The summed E-state index contributed by atoms with van der Waals surface area (Å²) in [6.07, 6.45) is 0. The maximum Gasteiger partial charge on any atom is 0.151 e. The fraction of sp³-hybridized carbons (Fsp3) is 0. The Morgan fingerprint density at radius 1 is 0.381 bits per heavy atom. The Kier molecular flexibility index (Phi) is 6.05.